The highest BCUT2D eigenvalue weighted by Gasteiger charge is 2.29. The van der Waals surface area contributed by atoms with E-state index in [0.29, 0.717) is 51.1 Å². The van der Waals surface area contributed by atoms with Gasteiger partial charge in [0.25, 0.3) is 5.91 Å². The summed E-state index contributed by atoms with van der Waals surface area (Å²) in [6, 6.07) is 10.8. The normalized spacial score (nSPS) is 13.5. The topological polar surface area (TPSA) is 51.1 Å². The molecule has 5 nitrogen and oxygen atoms in total. The Bertz CT molecular complexity index is 867. The van der Waals surface area contributed by atoms with Crippen LogP contribution in [0.15, 0.2) is 41.4 Å². The molecule has 1 aliphatic heterocycles. The van der Waals surface area contributed by atoms with E-state index in [4.69, 9.17) is 32.7 Å². The molecule has 0 bridgehead atoms. The Morgan fingerprint density at radius 2 is 1.85 bits per heavy atom. The van der Waals surface area contributed by atoms with E-state index in [1.54, 1.807) is 29.2 Å². The number of carbonyl (C=O) groups is 1. The molecule has 1 amide bonds. The highest BCUT2D eigenvalue weighted by molar-refractivity contribution is 8.13. The molecule has 0 unspecified atom stereocenters. The molecule has 0 atom stereocenters. The van der Waals surface area contributed by atoms with E-state index in [-0.39, 0.29) is 5.91 Å². The second-order valence-corrected chi connectivity index (χ2v) is 7.45. The number of carbonyl (C=O) groups excluding carboxylic acids is 1. The predicted molar refractivity (Wildman–Crippen MR) is 111 cm³/mol. The molecular formula is C19H18Cl2N2O3S. The lowest BCUT2D eigenvalue weighted by atomic mass is 10.1. The summed E-state index contributed by atoms with van der Waals surface area (Å²) < 4.78 is 10.7. The molecule has 2 aromatic rings. The highest BCUT2D eigenvalue weighted by Crippen LogP contribution is 2.32. The minimum absolute atomic E-state index is 0.192. The van der Waals surface area contributed by atoms with Crippen molar-refractivity contribution in [3.05, 3.63) is 57.6 Å². The van der Waals surface area contributed by atoms with Crippen LogP contribution in [0.1, 0.15) is 15.9 Å². The van der Waals surface area contributed by atoms with Gasteiger partial charge in [-0.05, 0) is 29.8 Å². The molecule has 0 fully saturated rings. The molecule has 0 saturated carbocycles. The van der Waals surface area contributed by atoms with Crippen molar-refractivity contribution in [2.45, 2.75) is 5.75 Å². The maximum absolute atomic E-state index is 13.2. The summed E-state index contributed by atoms with van der Waals surface area (Å²) in [5.41, 5.74) is 1.40. The number of hydrogen-bond acceptors (Lipinski definition) is 5. The standard InChI is InChI=1S/C19H18Cl2N2O3S/c1-25-15-4-3-5-16(26-2)17(15)18(24)23-9-8-22-19(23)27-11-12-6-7-13(20)14(21)10-12/h3-7,10H,8-9,11H2,1-2H3. The summed E-state index contributed by atoms with van der Waals surface area (Å²) in [5, 5.41) is 1.69. The largest absolute Gasteiger partial charge is 0.496 e. The van der Waals surface area contributed by atoms with E-state index in [1.165, 1.54) is 26.0 Å². The molecule has 1 aliphatic rings. The number of benzene rings is 2. The van der Waals surface area contributed by atoms with Gasteiger partial charge in [-0.2, -0.15) is 0 Å². The fraction of sp³-hybridized carbons (Fsp3) is 0.263. The molecule has 0 aromatic heterocycles. The summed E-state index contributed by atoms with van der Waals surface area (Å²) in [7, 11) is 3.06. The summed E-state index contributed by atoms with van der Waals surface area (Å²) >= 11 is 13.5. The number of aliphatic imine (C=N–C) groups is 1. The zero-order valence-corrected chi connectivity index (χ0v) is 17.2. The van der Waals surface area contributed by atoms with E-state index in [0.717, 1.165) is 5.56 Å². The third kappa shape index (κ3) is 4.34. The average molecular weight is 425 g/mol. The van der Waals surface area contributed by atoms with E-state index in [2.05, 4.69) is 4.99 Å². The Morgan fingerprint density at radius 1 is 1.15 bits per heavy atom. The van der Waals surface area contributed by atoms with E-state index >= 15 is 0 Å². The Hall–Kier alpha value is -1.89. The SMILES string of the molecule is COc1cccc(OC)c1C(=O)N1CCN=C1SCc1ccc(Cl)c(Cl)c1. The number of amidine groups is 1. The third-order valence-corrected chi connectivity index (χ3v) is 5.86. The first-order chi connectivity index (χ1) is 13.0. The molecule has 0 N–H and O–H groups in total. The molecule has 27 heavy (non-hydrogen) atoms. The number of thioether (sulfide) groups is 1. The van der Waals surface area contributed by atoms with Gasteiger partial charge < -0.3 is 9.47 Å². The first-order valence-electron chi connectivity index (χ1n) is 8.19. The van der Waals surface area contributed by atoms with Gasteiger partial charge in [-0.25, -0.2) is 0 Å². The first kappa shape index (κ1) is 19.9. The van der Waals surface area contributed by atoms with Crippen molar-refractivity contribution in [2.24, 2.45) is 4.99 Å². The smallest absolute Gasteiger partial charge is 0.267 e. The van der Waals surface area contributed by atoms with E-state index in [9.17, 15) is 4.79 Å². The lowest BCUT2D eigenvalue weighted by Crippen LogP contribution is -2.33. The Labute approximate surface area is 172 Å². The fourth-order valence-corrected chi connectivity index (χ4v) is 4.02. The lowest BCUT2D eigenvalue weighted by molar-refractivity contribution is 0.0854. The quantitative estimate of drug-likeness (QED) is 0.694. The summed E-state index contributed by atoms with van der Waals surface area (Å²) in [5.74, 6) is 1.38. The van der Waals surface area contributed by atoms with Crippen molar-refractivity contribution in [1.29, 1.82) is 0 Å². The van der Waals surface area contributed by atoms with Gasteiger partial charge in [-0.15, -0.1) is 0 Å². The van der Waals surface area contributed by atoms with Crippen LogP contribution in [0.2, 0.25) is 10.0 Å². The van der Waals surface area contributed by atoms with Crippen molar-refractivity contribution in [1.82, 2.24) is 4.90 Å². The number of hydrogen-bond donors (Lipinski definition) is 0. The molecule has 1 heterocycles. The number of methoxy groups -OCH3 is 2. The lowest BCUT2D eigenvalue weighted by Gasteiger charge is -2.20. The summed E-state index contributed by atoms with van der Waals surface area (Å²) in [6.07, 6.45) is 0. The Balaban J connectivity index is 1.78. The molecule has 0 aliphatic carbocycles. The maximum atomic E-state index is 13.2. The number of amides is 1. The van der Waals surface area contributed by atoms with Gasteiger partial charge in [0.1, 0.15) is 17.1 Å². The van der Waals surface area contributed by atoms with Crippen LogP contribution >= 0.6 is 35.0 Å². The molecule has 0 saturated heterocycles. The van der Waals surface area contributed by atoms with Gasteiger partial charge in [0.05, 0.1) is 30.8 Å². The van der Waals surface area contributed by atoms with Crippen LogP contribution in [-0.4, -0.2) is 43.3 Å². The van der Waals surface area contributed by atoms with E-state index < -0.39 is 0 Å². The van der Waals surface area contributed by atoms with Crippen LogP contribution in [0, 0.1) is 0 Å². The second-order valence-electron chi connectivity index (χ2n) is 5.70. The second kappa shape index (κ2) is 8.87. The third-order valence-electron chi connectivity index (χ3n) is 4.04. The molecule has 3 rings (SSSR count). The van der Waals surface area contributed by atoms with Crippen molar-refractivity contribution in [3.63, 3.8) is 0 Å². The van der Waals surface area contributed by atoms with Gasteiger partial charge in [-0.1, -0.05) is 47.1 Å². The zero-order valence-electron chi connectivity index (χ0n) is 14.9. The van der Waals surface area contributed by atoms with Crippen LogP contribution in [0.25, 0.3) is 0 Å². The molecule has 2 aromatic carbocycles. The van der Waals surface area contributed by atoms with Gasteiger partial charge in [0, 0.05) is 12.3 Å². The van der Waals surface area contributed by atoms with Crippen LogP contribution in [0.4, 0.5) is 0 Å². The van der Waals surface area contributed by atoms with Crippen molar-refractivity contribution >= 4 is 46.0 Å². The van der Waals surface area contributed by atoms with Gasteiger partial charge in [-0.3, -0.25) is 14.7 Å². The Kier molecular flexibility index (Phi) is 6.52. The minimum atomic E-state index is -0.192. The van der Waals surface area contributed by atoms with Gasteiger partial charge in [0.15, 0.2) is 5.17 Å². The molecule has 0 spiro atoms. The van der Waals surface area contributed by atoms with Crippen molar-refractivity contribution < 1.29 is 14.3 Å². The predicted octanol–water partition coefficient (Wildman–Crippen LogP) is 4.76. The average Bonchev–Trinajstić information content (AvgIpc) is 3.16. The highest BCUT2D eigenvalue weighted by atomic mass is 35.5. The minimum Gasteiger partial charge on any atom is -0.496 e. The molecular weight excluding hydrogens is 407 g/mol. The fourth-order valence-electron chi connectivity index (χ4n) is 2.71. The Morgan fingerprint density at radius 3 is 2.48 bits per heavy atom. The van der Waals surface area contributed by atoms with Gasteiger partial charge >= 0.3 is 0 Å². The summed E-state index contributed by atoms with van der Waals surface area (Å²) in [6.45, 7) is 1.08. The van der Waals surface area contributed by atoms with Crippen LogP contribution in [-0.2, 0) is 5.75 Å². The van der Waals surface area contributed by atoms with Crippen LogP contribution in [0.5, 0.6) is 11.5 Å². The van der Waals surface area contributed by atoms with E-state index in [1.807, 2.05) is 12.1 Å². The first-order valence-corrected chi connectivity index (χ1v) is 9.93. The number of ether oxygens (including phenoxy) is 2. The zero-order chi connectivity index (χ0) is 19.4. The number of rotatable bonds is 5. The number of nitrogens with zero attached hydrogens (tertiary/aromatic N) is 2. The van der Waals surface area contributed by atoms with Crippen molar-refractivity contribution in [2.75, 3.05) is 27.3 Å². The van der Waals surface area contributed by atoms with Crippen LogP contribution < -0.4 is 9.47 Å². The number of halogens is 2. The van der Waals surface area contributed by atoms with Crippen molar-refractivity contribution in [3.8, 4) is 11.5 Å². The van der Waals surface area contributed by atoms with Gasteiger partial charge in [0.2, 0.25) is 0 Å². The monoisotopic (exact) mass is 424 g/mol. The van der Waals surface area contributed by atoms with Crippen LogP contribution in [0.3, 0.4) is 0 Å². The molecule has 8 heteroatoms. The molecule has 142 valence electrons. The molecule has 0 radical (unpaired) electrons. The summed E-state index contributed by atoms with van der Waals surface area (Å²) in [4.78, 5) is 19.3. The maximum Gasteiger partial charge on any atom is 0.267 e.